The molecule has 0 aromatic heterocycles. The minimum Gasteiger partial charge on any atom is -0.368 e. The van der Waals surface area contributed by atoms with Gasteiger partial charge in [-0.1, -0.05) is 13.0 Å². The van der Waals surface area contributed by atoms with Crippen molar-refractivity contribution in [3.8, 4) is 0 Å². The summed E-state index contributed by atoms with van der Waals surface area (Å²) in [5, 5.41) is 5.32. The van der Waals surface area contributed by atoms with E-state index in [1.807, 2.05) is 19.1 Å². The highest BCUT2D eigenvalue weighted by Crippen LogP contribution is 2.26. The predicted molar refractivity (Wildman–Crippen MR) is 76.9 cm³/mol. The number of aryl methyl sites for hydroxylation is 1. The Kier molecular flexibility index (Phi) is 4.13. The van der Waals surface area contributed by atoms with Crippen LogP contribution >= 0.6 is 0 Å². The van der Waals surface area contributed by atoms with Crippen LogP contribution in [-0.2, 0) is 10.0 Å². The first-order chi connectivity index (χ1) is 8.91. The Hall–Kier alpha value is -1.11. The zero-order chi connectivity index (χ0) is 14.0. The number of likely N-dealkylation sites (N-methyl/N-ethyl adjacent to an activating group) is 1. The second-order valence-electron chi connectivity index (χ2n) is 4.94. The van der Waals surface area contributed by atoms with Gasteiger partial charge in [-0.2, -0.15) is 0 Å². The van der Waals surface area contributed by atoms with Gasteiger partial charge < -0.3 is 9.80 Å². The molecule has 6 heteroatoms. The molecular weight excluding hydrogens is 262 g/mol. The lowest BCUT2D eigenvalue weighted by Gasteiger charge is -2.36. The van der Waals surface area contributed by atoms with Crippen molar-refractivity contribution in [1.29, 1.82) is 0 Å². The Morgan fingerprint density at radius 1 is 1.21 bits per heavy atom. The summed E-state index contributed by atoms with van der Waals surface area (Å²) < 4.78 is 23.4. The third kappa shape index (κ3) is 3.26. The summed E-state index contributed by atoms with van der Waals surface area (Å²) in [6, 6.07) is 5.43. The Labute approximate surface area is 115 Å². The van der Waals surface area contributed by atoms with Crippen LogP contribution in [0.25, 0.3) is 0 Å². The van der Waals surface area contributed by atoms with Crippen LogP contribution in [0.1, 0.15) is 12.5 Å². The molecule has 1 heterocycles. The van der Waals surface area contributed by atoms with E-state index in [0.29, 0.717) is 0 Å². The zero-order valence-corrected chi connectivity index (χ0v) is 12.3. The van der Waals surface area contributed by atoms with E-state index < -0.39 is 10.0 Å². The fourth-order valence-electron chi connectivity index (χ4n) is 2.42. The number of nitrogens with two attached hydrogens (primary N) is 1. The predicted octanol–water partition coefficient (Wildman–Crippen LogP) is 0.784. The smallest absolute Gasteiger partial charge is 0.240 e. The summed E-state index contributed by atoms with van der Waals surface area (Å²) in [6.45, 7) is 8.61. The fraction of sp³-hybridized carbons (Fsp3) is 0.538. The topological polar surface area (TPSA) is 66.6 Å². The van der Waals surface area contributed by atoms with E-state index in [2.05, 4.69) is 16.7 Å². The zero-order valence-electron chi connectivity index (χ0n) is 11.5. The monoisotopic (exact) mass is 283 g/mol. The van der Waals surface area contributed by atoms with E-state index >= 15 is 0 Å². The second kappa shape index (κ2) is 5.48. The van der Waals surface area contributed by atoms with Crippen molar-refractivity contribution in [3.05, 3.63) is 23.8 Å². The van der Waals surface area contributed by atoms with Gasteiger partial charge in [-0.25, -0.2) is 13.6 Å². The normalized spacial score (nSPS) is 17.7. The van der Waals surface area contributed by atoms with Gasteiger partial charge in [0.1, 0.15) is 4.90 Å². The third-order valence-electron chi connectivity index (χ3n) is 3.58. The Bertz CT molecular complexity index is 549. The first kappa shape index (κ1) is 14.3. The maximum absolute atomic E-state index is 11.7. The molecule has 1 aromatic carbocycles. The van der Waals surface area contributed by atoms with Crippen molar-refractivity contribution < 1.29 is 8.42 Å². The molecule has 0 spiro atoms. The summed E-state index contributed by atoms with van der Waals surface area (Å²) in [5.41, 5.74) is 1.63. The van der Waals surface area contributed by atoms with Crippen LogP contribution in [0, 0.1) is 6.92 Å². The molecule has 1 aliphatic rings. The molecule has 1 saturated heterocycles. The van der Waals surface area contributed by atoms with E-state index in [9.17, 15) is 8.42 Å². The highest BCUT2D eigenvalue weighted by Gasteiger charge is 2.22. The lowest BCUT2D eigenvalue weighted by atomic mass is 10.2. The molecule has 0 atom stereocenters. The van der Waals surface area contributed by atoms with Crippen LogP contribution in [0.2, 0.25) is 0 Å². The largest absolute Gasteiger partial charge is 0.368 e. The molecule has 2 rings (SSSR count). The molecule has 1 aliphatic heterocycles. The van der Waals surface area contributed by atoms with Crippen molar-refractivity contribution in [3.63, 3.8) is 0 Å². The van der Waals surface area contributed by atoms with Crippen molar-refractivity contribution in [1.82, 2.24) is 4.90 Å². The van der Waals surface area contributed by atoms with Gasteiger partial charge in [-0.15, -0.1) is 0 Å². The molecule has 106 valence electrons. The first-order valence-electron chi connectivity index (χ1n) is 6.52. The van der Waals surface area contributed by atoms with E-state index in [0.717, 1.165) is 44.0 Å². The molecule has 0 bridgehead atoms. The fourth-order valence-corrected chi connectivity index (χ4v) is 3.25. The number of piperazine rings is 1. The molecule has 5 nitrogen and oxygen atoms in total. The summed E-state index contributed by atoms with van der Waals surface area (Å²) in [4.78, 5) is 4.68. The van der Waals surface area contributed by atoms with E-state index in [4.69, 9.17) is 5.14 Å². The van der Waals surface area contributed by atoms with Gasteiger partial charge in [0.05, 0.1) is 5.69 Å². The lowest BCUT2D eigenvalue weighted by molar-refractivity contribution is 0.271. The molecule has 1 fully saturated rings. The average molecular weight is 283 g/mol. The van der Waals surface area contributed by atoms with E-state index in [1.165, 1.54) is 0 Å². The number of sulfonamides is 1. The van der Waals surface area contributed by atoms with Crippen LogP contribution in [0.3, 0.4) is 0 Å². The minimum atomic E-state index is -3.68. The number of hydrogen-bond donors (Lipinski definition) is 1. The number of primary sulfonamides is 1. The maximum atomic E-state index is 11.7. The summed E-state index contributed by atoms with van der Waals surface area (Å²) in [5.74, 6) is 0. The van der Waals surface area contributed by atoms with Crippen LogP contribution < -0.4 is 10.0 Å². The number of hydrogen-bond acceptors (Lipinski definition) is 4. The summed E-state index contributed by atoms with van der Waals surface area (Å²) in [6.07, 6.45) is 0. The van der Waals surface area contributed by atoms with Crippen LogP contribution in [0.5, 0.6) is 0 Å². The van der Waals surface area contributed by atoms with Crippen LogP contribution in [0.4, 0.5) is 5.69 Å². The minimum absolute atomic E-state index is 0.234. The van der Waals surface area contributed by atoms with Gasteiger partial charge in [-0.3, -0.25) is 0 Å². The van der Waals surface area contributed by atoms with Crippen LogP contribution in [-0.4, -0.2) is 46.0 Å². The van der Waals surface area contributed by atoms with Crippen molar-refractivity contribution >= 4 is 15.7 Å². The molecule has 0 unspecified atom stereocenters. The van der Waals surface area contributed by atoms with Gasteiger partial charge in [-0.05, 0) is 31.2 Å². The maximum Gasteiger partial charge on any atom is 0.240 e. The summed E-state index contributed by atoms with van der Waals surface area (Å²) >= 11 is 0. The molecule has 0 amide bonds. The SMILES string of the molecule is CCN1CCN(c2ccc(C)cc2S(N)(=O)=O)CC1. The second-order valence-corrected chi connectivity index (χ2v) is 6.47. The van der Waals surface area contributed by atoms with Crippen molar-refractivity contribution in [2.45, 2.75) is 18.7 Å². The highest BCUT2D eigenvalue weighted by atomic mass is 32.2. The van der Waals surface area contributed by atoms with Gasteiger partial charge in [0.25, 0.3) is 0 Å². The van der Waals surface area contributed by atoms with E-state index in [1.54, 1.807) is 6.07 Å². The number of rotatable bonds is 3. The van der Waals surface area contributed by atoms with Crippen molar-refractivity contribution in [2.24, 2.45) is 5.14 Å². The van der Waals surface area contributed by atoms with Gasteiger partial charge in [0.2, 0.25) is 10.0 Å². The molecule has 0 aliphatic carbocycles. The Morgan fingerprint density at radius 2 is 1.84 bits per heavy atom. The standard InChI is InChI=1S/C13H21N3O2S/c1-3-15-6-8-16(9-7-15)12-5-4-11(2)10-13(12)19(14,17)18/h4-5,10H,3,6-9H2,1-2H3,(H2,14,17,18). The van der Waals surface area contributed by atoms with Gasteiger partial charge >= 0.3 is 0 Å². The molecular formula is C13H21N3O2S. The lowest BCUT2D eigenvalue weighted by Crippen LogP contribution is -2.46. The van der Waals surface area contributed by atoms with E-state index in [-0.39, 0.29) is 4.90 Å². The summed E-state index contributed by atoms with van der Waals surface area (Å²) in [7, 11) is -3.68. The number of anilines is 1. The number of nitrogens with zero attached hydrogens (tertiary/aromatic N) is 2. The molecule has 0 saturated carbocycles. The molecule has 0 radical (unpaired) electrons. The third-order valence-corrected chi connectivity index (χ3v) is 4.52. The van der Waals surface area contributed by atoms with Crippen LogP contribution in [0.15, 0.2) is 23.1 Å². The van der Waals surface area contributed by atoms with Gasteiger partial charge in [0.15, 0.2) is 0 Å². The molecule has 1 aromatic rings. The average Bonchev–Trinajstić information content (AvgIpc) is 2.38. The van der Waals surface area contributed by atoms with Gasteiger partial charge in [0, 0.05) is 26.2 Å². The Morgan fingerprint density at radius 3 is 2.37 bits per heavy atom. The Balaban J connectivity index is 2.31. The quantitative estimate of drug-likeness (QED) is 0.890. The molecule has 2 N–H and O–H groups in total. The highest BCUT2D eigenvalue weighted by molar-refractivity contribution is 7.89. The van der Waals surface area contributed by atoms with Crippen molar-refractivity contribution in [2.75, 3.05) is 37.6 Å². The number of benzene rings is 1. The first-order valence-corrected chi connectivity index (χ1v) is 8.07. The molecule has 19 heavy (non-hydrogen) atoms.